The van der Waals surface area contributed by atoms with Gasteiger partial charge in [0, 0.05) is 17.8 Å². The van der Waals surface area contributed by atoms with Crippen LogP contribution in [-0.4, -0.2) is 22.9 Å². The number of hydrogen-bond acceptors (Lipinski definition) is 3. The van der Waals surface area contributed by atoms with E-state index in [1.54, 1.807) is 0 Å². The fraction of sp³-hybridized carbons (Fsp3) is 0.727. The highest BCUT2D eigenvalue weighted by Gasteiger charge is 2.41. The fourth-order valence-electron chi connectivity index (χ4n) is 2.62. The molecule has 1 saturated heterocycles. The van der Waals surface area contributed by atoms with Gasteiger partial charge < -0.3 is 5.32 Å². The number of carbonyl (C=O) groups excluding carboxylic acids is 1. The molecule has 5 nitrogen and oxygen atoms in total. The minimum Gasteiger partial charge on any atom is -0.346 e. The summed E-state index contributed by atoms with van der Waals surface area (Å²) in [6, 6.07) is -0.879. The summed E-state index contributed by atoms with van der Waals surface area (Å²) < 4.78 is 0. The molecule has 2 rings (SSSR count). The average molecular weight is 224 g/mol. The molecule has 3 atom stereocenters. The van der Waals surface area contributed by atoms with Crippen molar-refractivity contribution < 1.29 is 9.72 Å². The molecule has 0 aromatic carbocycles. The summed E-state index contributed by atoms with van der Waals surface area (Å²) in [6.45, 7) is 0. The second-order valence-corrected chi connectivity index (χ2v) is 4.53. The molecule has 0 spiro atoms. The summed E-state index contributed by atoms with van der Waals surface area (Å²) in [5, 5.41) is 13.8. The molecule has 16 heavy (non-hydrogen) atoms. The van der Waals surface area contributed by atoms with Gasteiger partial charge in [0.05, 0.1) is 6.04 Å². The van der Waals surface area contributed by atoms with Crippen molar-refractivity contribution in [2.24, 2.45) is 5.92 Å². The number of rotatable bonds is 2. The van der Waals surface area contributed by atoms with Gasteiger partial charge in [-0.15, -0.1) is 0 Å². The Labute approximate surface area is 94.1 Å². The highest BCUT2D eigenvalue weighted by molar-refractivity contribution is 5.77. The second kappa shape index (κ2) is 4.63. The van der Waals surface area contributed by atoms with Gasteiger partial charge in [-0.25, -0.2) is 0 Å². The molecule has 0 radical (unpaired) electrons. The van der Waals surface area contributed by atoms with Crippen LogP contribution in [0.2, 0.25) is 0 Å². The first-order valence-electron chi connectivity index (χ1n) is 5.76. The number of nitro groups is 1. The lowest BCUT2D eigenvalue weighted by Crippen LogP contribution is -2.55. The van der Waals surface area contributed by atoms with Gasteiger partial charge in [-0.05, 0) is 25.2 Å². The molecule has 0 bridgehead atoms. The van der Waals surface area contributed by atoms with Crippen molar-refractivity contribution in [1.82, 2.24) is 5.32 Å². The molecule has 1 N–H and O–H groups in total. The normalized spacial score (nSPS) is 34.5. The number of allylic oxidation sites excluding steroid dienone is 2. The van der Waals surface area contributed by atoms with Gasteiger partial charge in [-0.3, -0.25) is 14.9 Å². The third-order valence-electron chi connectivity index (χ3n) is 3.50. The van der Waals surface area contributed by atoms with Crippen LogP contribution in [-0.2, 0) is 4.79 Å². The average Bonchev–Trinajstić information content (AvgIpc) is 2.29. The lowest BCUT2D eigenvalue weighted by molar-refractivity contribution is -0.530. The van der Waals surface area contributed by atoms with Gasteiger partial charge in [0.1, 0.15) is 0 Å². The van der Waals surface area contributed by atoms with E-state index in [1.165, 1.54) is 0 Å². The summed E-state index contributed by atoms with van der Waals surface area (Å²) in [5.74, 6) is 0.183. The monoisotopic (exact) mass is 224 g/mol. The fourth-order valence-corrected chi connectivity index (χ4v) is 2.62. The van der Waals surface area contributed by atoms with Crippen LogP contribution >= 0.6 is 0 Å². The molecule has 1 heterocycles. The van der Waals surface area contributed by atoms with Gasteiger partial charge in [-0.2, -0.15) is 0 Å². The van der Waals surface area contributed by atoms with E-state index >= 15 is 0 Å². The summed E-state index contributed by atoms with van der Waals surface area (Å²) >= 11 is 0. The number of carbonyl (C=O) groups is 1. The minimum atomic E-state index is -0.603. The topological polar surface area (TPSA) is 72.2 Å². The van der Waals surface area contributed by atoms with Crippen molar-refractivity contribution in [2.75, 3.05) is 0 Å². The molecule has 1 fully saturated rings. The largest absolute Gasteiger partial charge is 0.346 e. The predicted molar refractivity (Wildman–Crippen MR) is 58.4 cm³/mol. The molecular formula is C11H16N2O3. The molecule has 2 aliphatic rings. The first-order chi connectivity index (χ1) is 7.68. The Morgan fingerprint density at radius 3 is 2.81 bits per heavy atom. The number of hydrogen-bond donors (Lipinski definition) is 1. The van der Waals surface area contributed by atoms with Crippen LogP contribution in [0.5, 0.6) is 0 Å². The van der Waals surface area contributed by atoms with E-state index in [-0.39, 0.29) is 29.2 Å². The molecule has 0 unspecified atom stereocenters. The summed E-state index contributed by atoms with van der Waals surface area (Å²) in [6.07, 6.45) is 7.56. The maximum atomic E-state index is 11.3. The maximum absolute atomic E-state index is 11.3. The van der Waals surface area contributed by atoms with Crippen molar-refractivity contribution in [2.45, 2.75) is 44.2 Å². The number of nitrogens with one attached hydrogen (secondary N) is 1. The van der Waals surface area contributed by atoms with Crippen LogP contribution in [0.15, 0.2) is 12.2 Å². The SMILES string of the molecule is O=C1CC[C@H]([N+](=O)[O-])[C@@H]([C@H]2CC=CCC2)N1. The zero-order valence-corrected chi connectivity index (χ0v) is 9.09. The Kier molecular flexibility index (Phi) is 3.22. The Bertz CT molecular complexity index is 327. The van der Waals surface area contributed by atoms with Crippen LogP contribution in [0, 0.1) is 16.0 Å². The van der Waals surface area contributed by atoms with Crippen molar-refractivity contribution in [3.8, 4) is 0 Å². The van der Waals surface area contributed by atoms with E-state index in [4.69, 9.17) is 0 Å². The van der Waals surface area contributed by atoms with E-state index < -0.39 is 6.04 Å². The quantitative estimate of drug-likeness (QED) is 0.436. The zero-order valence-electron chi connectivity index (χ0n) is 9.09. The van der Waals surface area contributed by atoms with Crippen LogP contribution in [0.4, 0.5) is 0 Å². The Morgan fingerprint density at radius 2 is 2.19 bits per heavy atom. The number of nitrogens with zero attached hydrogens (tertiary/aromatic N) is 1. The van der Waals surface area contributed by atoms with Crippen molar-refractivity contribution in [1.29, 1.82) is 0 Å². The molecule has 5 heteroatoms. The highest BCUT2D eigenvalue weighted by atomic mass is 16.6. The third-order valence-corrected chi connectivity index (χ3v) is 3.50. The van der Waals surface area contributed by atoms with Gasteiger partial charge >= 0.3 is 0 Å². The first-order valence-corrected chi connectivity index (χ1v) is 5.76. The molecule has 1 aliphatic carbocycles. The molecule has 1 amide bonds. The number of piperidine rings is 1. The first kappa shape index (κ1) is 11.1. The van der Waals surface area contributed by atoms with Crippen molar-refractivity contribution in [3.05, 3.63) is 22.3 Å². The van der Waals surface area contributed by atoms with E-state index in [0.717, 1.165) is 19.3 Å². The van der Waals surface area contributed by atoms with Crippen LogP contribution < -0.4 is 5.32 Å². The van der Waals surface area contributed by atoms with Crippen LogP contribution in [0.25, 0.3) is 0 Å². The Hall–Kier alpha value is -1.39. The van der Waals surface area contributed by atoms with Crippen LogP contribution in [0.3, 0.4) is 0 Å². The number of amides is 1. The lowest BCUT2D eigenvalue weighted by Gasteiger charge is -2.33. The van der Waals surface area contributed by atoms with E-state index in [1.807, 2.05) is 0 Å². The summed E-state index contributed by atoms with van der Waals surface area (Å²) in [7, 11) is 0. The molecular weight excluding hydrogens is 208 g/mol. The van der Waals surface area contributed by atoms with Gasteiger partial charge in [0.25, 0.3) is 0 Å². The molecule has 1 aliphatic heterocycles. The standard InChI is InChI=1S/C11H16N2O3/c14-10-7-6-9(13(15)16)11(12-10)8-4-2-1-3-5-8/h1-2,8-9,11H,3-7H2,(H,12,14)/t8-,9-,11+/m0/s1. The Morgan fingerprint density at radius 1 is 1.38 bits per heavy atom. The molecule has 0 saturated carbocycles. The van der Waals surface area contributed by atoms with Crippen molar-refractivity contribution in [3.63, 3.8) is 0 Å². The lowest BCUT2D eigenvalue weighted by atomic mass is 9.81. The third kappa shape index (κ3) is 2.23. The second-order valence-electron chi connectivity index (χ2n) is 4.53. The molecule has 88 valence electrons. The van der Waals surface area contributed by atoms with E-state index in [9.17, 15) is 14.9 Å². The van der Waals surface area contributed by atoms with E-state index in [0.29, 0.717) is 6.42 Å². The van der Waals surface area contributed by atoms with Gasteiger partial charge in [-0.1, -0.05) is 12.2 Å². The minimum absolute atomic E-state index is 0.0438. The molecule has 0 aromatic rings. The van der Waals surface area contributed by atoms with Gasteiger partial charge in [0.2, 0.25) is 11.9 Å². The maximum Gasteiger partial charge on any atom is 0.233 e. The zero-order chi connectivity index (χ0) is 11.5. The highest BCUT2D eigenvalue weighted by Crippen LogP contribution is 2.28. The van der Waals surface area contributed by atoms with Gasteiger partial charge in [0.15, 0.2) is 0 Å². The molecule has 0 aromatic heterocycles. The Balaban J connectivity index is 2.10. The summed E-state index contributed by atoms with van der Waals surface area (Å²) in [5.41, 5.74) is 0. The van der Waals surface area contributed by atoms with Crippen molar-refractivity contribution >= 4 is 5.91 Å². The van der Waals surface area contributed by atoms with Crippen LogP contribution in [0.1, 0.15) is 32.1 Å². The predicted octanol–water partition coefficient (Wildman–Crippen LogP) is 1.27. The smallest absolute Gasteiger partial charge is 0.233 e. The van der Waals surface area contributed by atoms with E-state index in [2.05, 4.69) is 17.5 Å². The summed E-state index contributed by atoms with van der Waals surface area (Å²) in [4.78, 5) is 22.0.